The van der Waals surface area contributed by atoms with Crippen molar-refractivity contribution in [2.75, 3.05) is 5.73 Å². The van der Waals surface area contributed by atoms with E-state index in [0.717, 1.165) is 11.6 Å². The third-order valence-electron chi connectivity index (χ3n) is 6.10. The number of anilines is 1. The molecule has 1 heteroatoms. The van der Waals surface area contributed by atoms with Gasteiger partial charge in [-0.2, -0.15) is 0 Å². The van der Waals surface area contributed by atoms with E-state index < -0.39 is 0 Å². The van der Waals surface area contributed by atoms with Gasteiger partial charge in [0.15, 0.2) is 0 Å². The third kappa shape index (κ3) is 5.13. The number of benzene rings is 2. The maximum absolute atomic E-state index is 5.91. The molecule has 0 aromatic heterocycles. The summed E-state index contributed by atoms with van der Waals surface area (Å²) in [5.74, 6) is 1.28. The van der Waals surface area contributed by atoms with E-state index in [9.17, 15) is 0 Å². The molecule has 1 aliphatic carbocycles. The predicted octanol–water partition coefficient (Wildman–Crippen LogP) is 7.42. The molecule has 2 aromatic rings. The van der Waals surface area contributed by atoms with Crippen LogP contribution in [0.1, 0.15) is 99.7 Å². The highest BCUT2D eigenvalue weighted by Crippen LogP contribution is 2.35. The van der Waals surface area contributed by atoms with E-state index in [1.54, 1.807) is 5.56 Å². The second-order valence-corrected chi connectivity index (χ2v) is 8.07. The fourth-order valence-corrected chi connectivity index (χ4v) is 4.47. The van der Waals surface area contributed by atoms with Crippen LogP contribution >= 0.6 is 0 Å². The van der Waals surface area contributed by atoms with Crippen LogP contribution in [0.25, 0.3) is 0 Å². The fourth-order valence-electron chi connectivity index (χ4n) is 4.47. The van der Waals surface area contributed by atoms with Gasteiger partial charge in [0.2, 0.25) is 0 Å². The van der Waals surface area contributed by atoms with Gasteiger partial charge in [0.05, 0.1) is 0 Å². The van der Waals surface area contributed by atoms with E-state index >= 15 is 0 Å². The average molecular weight is 350 g/mol. The molecule has 1 unspecified atom stereocenters. The minimum atomic E-state index is 0.493. The second kappa shape index (κ2) is 9.80. The van der Waals surface area contributed by atoms with Crippen molar-refractivity contribution in [3.8, 4) is 0 Å². The summed E-state index contributed by atoms with van der Waals surface area (Å²) in [6, 6.07) is 18.1. The molecule has 0 heterocycles. The smallest absolute Gasteiger partial charge is 0.0314 e. The Bertz CT molecular complexity index is 635. The normalized spacial score (nSPS) is 16.5. The van der Waals surface area contributed by atoms with Crippen molar-refractivity contribution in [3.05, 3.63) is 65.2 Å². The molecule has 0 saturated heterocycles. The van der Waals surface area contributed by atoms with Gasteiger partial charge in [0, 0.05) is 11.6 Å². The molecular formula is C25H35N. The standard InChI is InChI=1S/C25H35N/c1-2-3-4-8-11-25(23-16-18-24(26)19-17-23)22-14-12-21(13-15-22)20-9-6-5-7-10-20/h12-20,25H,2-11,26H2,1H3. The molecule has 0 aliphatic heterocycles. The summed E-state index contributed by atoms with van der Waals surface area (Å²) in [5, 5.41) is 0. The minimum Gasteiger partial charge on any atom is -0.399 e. The molecule has 0 radical (unpaired) electrons. The number of nitrogens with two attached hydrogens (primary N) is 1. The van der Waals surface area contributed by atoms with Crippen molar-refractivity contribution in [2.24, 2.45) is 0 Å². The highest BCUT2D eigenvalue weighted by atomic mass is 14.5. The van der Waals surface area contributed by atoms with Crippen LogP contribution in [0.5, 0.6) is 0 Å². The lowest BCUT2D eigenvalue weighted by Gasteiger charge is -2.23. The van der Waals surface area contributed by atoms with Gasteiger partial charge < -0.3 is 5.73 Å². The maximum atomic E-state index is 5.91. The van der Waals surface area contributed by atoms with Gasteiger partial charge >= 0.3 is 0 Å². The zero-order chi connectivity index (χ0) is 18.2. The first kappa shape index (κ1) is 19.0. The average Bonchev–Trinajstić information content (AvgIpc) is 2.70. The van der Waals surface area contributed by atoms with Crippen LogP contribution in [-0.4, -0.2) is 0 Å². The largest absolute Gasteiger partial charge is 0.399 e. The zero-order valence-corrected chi connectivity index (χ0v) is 16.4. The molecule has 1 aliphatic rings. The first-order chi connectivity index (χ1) is 12.8. The first-order valence-corrected chi connectivity index (χ1v) is 10.7. The van der Waals surface area contributed by atoms with Gasteiger partial charge in [-0.1, -0.05) is 88.3 Å². The summed E-state index contributed by atoms with van der Waals surface area (Å²) in [6.45, 7) is 2.28. The summed E-state index contributed by atoms with van der Waals surface area (Å²) in [5.41, 5.74) is 11.2. The van der Waals surface area contributed by atoms with Gasteiger partial charge in [-0.15, -0.1) is 0 Å². The highest BCUT2D eigenvalue weighted by molar-refractivity contribution is 5.43. The number of rotatable bonds is 8. The lowest BCUT2D eigenvalue weighted by molar-refractivity contribution is 0.443. The van der Waals surface area contributed by atoms with E-state index in [4.69, 9.17) is 5.73 Å². The number of unbranched alkanes of at least 4 members (excludes halogenated alkanes) is 3. The molecule has 26 heavy (non-hydrogen) atoms. The maximum Gasteiger partial charge on any atom is 0.0314 e. The minimum absolute atomic E-state index is 0.493. The zero-order valence-electron chi connectivity index (χ0n) is 16.4. The van der Waals surface area contributed by atoms with Crippen molar-refractivity contribution in [2.45, 2.75) is 83.0 Å². The Hall–Kier alpha value is -1.76. The summed E-state index contributed by atoms with van der Waals surface area (Å²) in [4.78, 5) is 0. The molecular weight excluding hydrogens is 314 g/mol. The Kier molecular flexibility index (Phi) is 7.17. The van der Waals surface area contributed by atoms with Crippen molar-refractivity contribution in [1.29, 1.82) is 0 Å². The lowest BCUT2D eigenvalue weighted by atomic mass is 9.82. The summed E-state index contributed by atoms with van der Waals surface area (Å²) in [6.07, 6.45) is 13.5. The van der Waals surface area contributed by atoms with E-state index in [-0.39, 0.29) is 0 Å². The highest BCUT2D eigenvalue weighted by Gasteiger charge is 2.17. The van der Waals surface area contributed by atoms with Gasteiger partial charge in [0.25, 0.3) is 0 Å². The van der Waals surface area contributed by atoms with Crippen LogP contribution in [0.4, 0.5) is 5.69 Å². The van der Waals surface area contributed by atoms with Gasteiger partial charge in [-0.25, -0.2) is 0 Å². The molecule has 1 saturated carbocycles. The lowest BCUT2D eigenvalue weighted by Crippen LogP contribution is -2.06. The van der Waals surface area contributed by atoms with Gasteiger partial charge in [-0.3, -0.25) is 0 Å². The predicted molar refractivity (Wildman–Crippen MR) is 114 cm³/mol. The summed E-state index contributed by atoms with van der Waals surface area (Å²) < 4.78 is 0. The number of hydrogen-bond acceptors (Lipinski definition) is 1. The quantitative estimate of drug-likeness (QED) is 0.389. The van der Waals surface area contributed by atoms with Crippen molar-refractivity contribution in [1.82, 2.24) is 0 Å². The molecule has 1 fully saturated rings. The van der Waals surface area contributed by atoms with Crippen molar-refractivity contribution >= 4 is 5.69 Å². The molecule has 2 N–H and O–H groups in total. The van der Waals surface area contributed by atoms with Crippen LogP contribution in [0.15, 0.2) is 48.5 Å². The Labute approximate surface area is 160 Å². The SMILES string of the molecule is CCCCCCC(c1ccc(N)cc1)c1ccc(C2CCCCC2)cc1. The third-order valence-corrected chi connectivity index (χ3v) is 6.10. The van der Waals surface area contributed by atoms with E-state index in [0.29, 0.717) is 5.92 Å². The Morgan fingerprint density at radius 3 is 2.04 bits per heavy atom. The van der Waals surface area contributed by atoms with E-state index in [1.807, 2.05) is 12.1 Å². The Balaban J connectivity index is 1.75. The van der Waals surface area contributed by atoms with E-state index in [1.165, 1.54) is 75.3 Å². The molecule has 0 amide bonds. The van der Waals surface area contributed by atoms with Crippen molar-refractivity contribution < 1.29 is 0 Å². The molecule has 0 spiro atoms. The van der Waals surface area contributed by atoms with Crippen LogP contribution in [0.2, 0.25) is 0 Å². The van der Waals surface area contributed by atoms with Crippen LogP contribution in [0.3, 0.4) is 0 Å². The molecule has 1 atom stereocenters. The Morgan fingerprint density at radius 1 is 0.808 bits per heavy atom. The van der Waals surface area contributed by atoms with E-state index in [2.05, 4.69) is 43.3 Å². The molecule has 3 rings (SSSR count). The number of nitrogen functional groups attached to an aromatic ring is 1. The molecule has 1 nitrogen and oxygen atoms in total. The summed E-state index contributed by atoms with van der Waals surface area (Å²) >= 11 is 0. The van der Waals surface area contributed by atoms with Crippen LogP contribution < -0.4 is 5.73 Å². The first-order valence-electron chi connectivity index (χ1n) is 10.7. The monoisotopic (exact) mass is 349 g/mol. The van der Waals surface area contributed by atoms with Crippen molar-refractivity contribution in [3.63, 3.8) is 0 Å². The molecule has 2 aromatic carbocycles. The number of hydrogen-bond donors (Lipinski definition) is 1. The van der Waals surface area contributed by atoms with Gasteiger partial charge in [0.1, 0.15) is 0 Å². The molecule has 140 valence electrons. The summed E-state index contributed by atoms with van der Waals surface area (Å²) in [7, 11) is 0. The van der Waals surface area contributed by atoms with Gasteiger partial charge in [-0.05, 0) is 54.0 Å². The second-order valence-electron chi connectivity index (χ2n) is 8.07. The molecule has 0 bridgehead atoms. The topological polar surface area (TPSA) is 26.0 Å². The fraction of sp³-hybridized carbons (Fsp3) is 0.520. The van der Waals surface area contributed by atoms with Crippen LogP contribution in [-0.2, 0) is 0 Å². The van der Waals surface area contributed by atoms with Crippen LogP contribution in [0, 0.1) is 0 Å². The Morgan fingerprint density at radius 2 is 1.42 bits per heavy atom.